The molecule has 3 N–H and O–H groups in total. The molecular weight excluding hydrogens is 238 g/mol. The lowest BCUT2D eigenvalue weighted by Gasteiger charge is -2.08. The van der Waals surface area contributed by atoms with Gasteiger partial charge in [0.1, 0.15) is 0 Å². The van der Waals surface area contributed by atoms with Gasteiger partial charge in [-0.3, -0.25) is 9.78 Å². The van der Waals surface area contributed by atoms with Crippen molar-refractivity contribution in [2.45, 2.75) is 20.4 Å². The average Bonchev–Trinajstić information content (AvgIpc) is 2.36. The first-order valence-electron chi connectivity index (χ1n) is 6.13. The van der Waals surface area contributed by atoms with Crippen LogP contribution in [0, 0.1) is 13.8 Å². The van der Waals surface area contributed by atoms with Gasteiger partial charge in [-0.1, -0.05) is 12.1 Å². The molecule has 1 aromatic carbocycles. The lowest BCUT2D eigenvalue weighted by Crippen LogP contribution is -2.24. The Morgan fingerprint density at radius 3 is 2.74 bits per heavy atom. The fourth-order valence-corrected chi connectivity index (χ4v) is 1.91. The van der Waals surface area contributed by atoms with Crippen molar-refractivity contribution in [3.8, 4) is 0 Å². The number of amides is 1. The molecule has 98 valence electrons. The van der Waals surface area contributed by atoms with E-state index < -0.39 is 0 Å². The van der Waals surface area contributed by atoms with Crippen LogP contribution in [0.3, 0.4) is 0 Å². The number of anilines is 1. The van der Waals surface area contributed by atoms with E-state index in [9.17, 15) is 4.79 Å². The molecule has 0 unspecified atom stereocenters. The van der Waals surface area contributed by atoms with Gasteiger partial charge in [-0.05, 0) is 43.7 Å². The number of aryl methyl sites for hydroxylation is 2. The van der Waals surface area contributed by atoms with E-state index in [0.29, 0.717) is 17.8 Å². The Labute approximate surface area is 112 Å². The first kappa shape index (κ1) is 13.1. The molecule has 0 aliphatic heterocycles. The van der Waals surface area contributed by atoms with Crippen LogP contribution in [0.25, 0.3) is 0 Å². The van der Waals surface area contributed by atoms with Gasteiger partial charge in [0, 0.05) is 17.9 Å². The van der Waals surface area contributed by atoms with Gasteiger partial charge in [0.2, 0.25) is 0 Å². The molecule has 2 aromatic rings. The first-order valence-corrected chi connectivity index (χ1v) is 6.13. The van der Waals surface area contributed by atoms with E-state index in [1.54, 1.807) is 6.07 Å². The van der Waals surface area contributed by atoms with Gasteiger partial charge in [-0.15, -0.1) is 0 Å². The van der Waals surface area contributed by atoms with Gasteiger partial charge in [-0.25, -0.2) is 0 Å². The van der Waals surface area contributed by atoms with E-state index in [-0.39, 0.29) is 5.91 Å². The Morgan fingerprint density at radius 1 is 1.26 bits per heavy atom. The van der Waals surface area contributed by atoms with Crippen molar-refractivity contribution >= 4 is 11.6 Å². The predicted molar refractivity (Wildman–Crippen MR) is 75.7 cm³/mol. The molecule has 4 nitrogen and oxygen atoms in total. The standard InChI is InChI=1S/C15H17N3O/c1-10-6-7-14(11(2)18-10)15(19)17-9-12-4-3-5-13(16)8-12/h3-8H,9,16H2,1-2H3,(H,17,19). The van der Waals surface area contributed by atoms with Gasteiger partial charge in [-0.2, -0.15) is 0 Å². The summed E-state index contributed by atoms with van der Waals surface area (Å²) < 4.78 is 0. The molecule has 0 spiro atoms. The smallest absolute Gasteiger partial charge is 0.253 e. The lowest BCUT2D eigenvalue weighted by atomic mass is 10.1. The first-order chi connectivity index (χ1) is 9.06. The second-order valence-electron chi connectivity index (χ2n) is 4.51. The van der Waals surface area contributed by atoms with Crippen LogP contribution < -0.4 is 11.1 Å². The molecule has 0 aliphatic carbocycles. The minimum atomic E-state index is -0.118. The van der Waals surface area contributed by atoms with Crippen molar-refractivity contribution < 1.29 is 4.79 Å². The molecule has 1 heterocycles. The summed E-state index contributed by atoms with van der Waals surface area (Å²) >= 11 is 0. The van der Waals surface area contributed by atoms with Crippen LogP contribution in [0.5, 0.6) is 0 Å². The van der Waals surface area contributed by atoms with E-state index in [1.807, 2.05) is 44.2 Å². The van der Waals surface area contributed by atoms with Crippen molar-refractivity contribution in [3.63, 3.8) is 0 Å². The molecule has 0 fully saturated rings. The Kier molecular flexibility index (Phi) is 3.80. The SMILES string of the molecule is Cc1ccc(C(=O)NCc2cccc(N)c2)c(C)n1. The molecule has 1 amide bonds. The minimum Gasteiger partial charge on any atom is -0.399 e. The zero-order valence-electron chi connectivity index (χ0n) is 11.1. The van der Waals surface area contributed by atoms with Crippen LogP contribution in [0.15, 0.2) is 36.4 Å². The van der Waals surface area contributed by atoms with E-state index >= 15 is 0 Å². The molecule has 19 heavy (non-hydrogen) atoms. The number of carbonyl (C=O) groups is 1. The number of nitrogens with zero attached hydrogens (tertiary/aromatic N) is 1. The minimum absolute atomic E-state index is 0.118. The van der Waals surface area contributed by atoms with E-state index in [2.05, 4.69) is 10.3 Å². The fraction of sp³-hybridized carbons (Fsp3) is 0.200. The molecular formula is C15H17N3O. The molecule has 0 saturated carbocycles. The van der Waals surface area contributed by atoms with Crippen LogP contribution >= 0.6 is 0 Å². The van der Waals surface area contributed by atoms with Crippen molar-refractivity contribution in [2.24, 2.45) is 0 Å². The van der Waals surface area contributed by atoms with Crippen molar-refractivity contribution in [2.75, 3.05) is 5.73 Å². The summed E-state index contributed by atoms with van der Waals surface area (Å²) in [6, 6.07) is 11.1. The molecule has 0 bridgehead atoms. The number of carbonyl (C=O) groups excluding carboxylic acids is 1. The third kappa shape index (κ3) is 3.31. The highest BCUT2D eigenvalue weighted by Crippen LogP contribution is 2.08. The molecule has 1 aromatic heterocycles. The second kappa shape index (κ2) is 5.52. The van der Waals surface area contributed by atoms with Crippen LogP contribution in [-0.4, -0.2) is 10.9 Å². The normalized spacial score (nSPS) is 10.2. The summed E-state index contributed by atoms with van der Waals surface area (Å²) in [6.45, 7) is 4.20. The number of nitrogens with one attached hydrogen (secondary N) is 1. The molecule has 4 heteroatoms. The Hall–Kier alpha value is -2.36. The molecule has 2 rings (SSSR count). The summed E-state index contributed by atoms with van der Waals surface area (Å²) in [6.07, 6.45) is 0. The van der Waals surface area contributed by atoms with Crippen molar-refractivity contribution in [3.05, 3.63) is 58.9 Å². The maximum atomic E-state index is 12.1. The fourth-order valence-electron chi connectivity index (χ4n) is 1.91. The lowest BCUT2D eigenvalue weighted by molar-refractivity contribution is 0.0950. The molecule has 0 atom stereocenters. The highest BCUT2D eigenvalue weighted by atomic mass is 16.1. The Bertz CT molecular complexity index is 608. The van der Waals surface area contributed by atoms with Crippen LogP contribution in [0.1, 0.15) is 27.3 Å². The van der Waals surface area contributed by atoms with Gasteiger partial charge < -0.3 is 11.1 Å². The van der Waals surface area contributed by atoms with Crippen molar-refractivity contribution in [1.29, 1.82) is 0 Å². The van der Waals surface area contributed by atoms with Gasteiger partial charge in [0.25, 0.3) is 5.91 Å². The Morgan fingerprint density at radius 2 is 2.05 bits per heavy atom. The van der Waals surface area contributed by atoms with E-state index in [1.165, 1.54) is 0 Å². The van der Waals surface area contributed by atoms with Gasteiger partial charge in [0.15, 0.2) is 0 Å². The quantitative estimate of drug-likeness (QED) is 0.826. The summed E-state index contributed by atoms with van der Waals surface area (Å²) in [5, 5.41) is 2.87. The summed E-state index contributed by atoms with van der Waals surface area (Å²) in [7, 11) is 0. The number of rotatable bonds is 3. The number of pyridine rings is 1. The highest BCUT2D eigenvalue weighted by molar-refractivity contribution is 5.95. The van der Waals surface area contributed by atoms with E-state index in [4.69, 9.17) is 5.73 Å². The maximum Gasteiger partial charge on any atom is 0.253 e. The van der Waals surface area contributed by atoms with E-state index in [0.717, 1.165) is 17.0 Å². The zero-order chi connectivity index (χ0) is 13.8. The highest BCUT2D eigenvalue weighted by Gasteiger charge is 2.09. The van der Waals surface area contributed by atoms with Crippen LogP contribution in [-0.2, 0) is 6.54 Å². The van der Waals surface area contributed by atoms with Gasteiger partial charge in [0.05, 0.1) is 11.3 Å². The van der Waals surface area contributed by atoms with Gasteiger partial charge >= 0.3 is 0 Å². The van der Waals surface area contributed by atoms with Crippen molar-refractivity contribution in [1.82, 2.24) is 10.3 Å². The summed E-state index contributed by atoms with van der Waals surface area (Å²) in [5.41, 5.74) is 9.62. The topological polar surface area (TPSA) is 68.0 Å². The van der Waals surface area contributed by atoms with Crippen LogP contribution in [0.2, 0.25) is 0 Å². The predicted octanol–water partition coefficient (Wildman–Crippen LogP) is 2.21. The number of nitrogens with two attached hydrogens (primary N) is 1. The third-order valence-corrected chi connectivity index (χ3v) is 2.87. The second-order valence-corrected chi connectivity index (χ2v) is 4.51. The number of hydrogen-bond donors (Lipinski definition) is 2. The largest absolute Gasteiger partial charge is 0.399 e. The Balaban J connectivity index is 2.05. The summed E-state index contributed by atoms with van der Waals surface area (Å²) in [4.78, 5) is 16.3. The van der Waals surface area contributed by atoms with Crippen LogP contribution in [0.4, 0.5) is 5.69 Å². The summed E-state index contributed by atoms with van der Waals surface area (Å²) in [5.74, 6) is -0.118. The number of aromatic nitrogens is 1. The number of benzene rings is 1. The zero-order valence-corrected chi connectivity index (χ0v) is 11.1. The molecule has 0 saturated heterocycles. The maximum absolute atomic E-state index is 12.1. The number of hydrogen-bond acceptors (Lipinski definition) is 3. The molecule has 0 radical (unpaired) electrons. The third-order valence-electron chi connectivity index (χ3n) is 2.87. The monoisotopic (exact) mass is 255 g/mol. The molecule has 0 aliphatic rings. The average molecular weight is 255 g/mol. The number of nitrogen functional groups attached to an aromatic ring is 1.